The molecule has 21 heavy (non-hydrogen) atoms. The van der Waals surface area contributed by atoms with Gasteiger partial charge in [0.05, 0.1) is 7.11 Å². The molecule has 1 saturated carbocycles. The molecular formula is C16H23ClO4. The number of benzene rings is 1. The molecule has 0 unspecified atom stereocenters. The average molecular weight is 315 g/mol. The zero-order valence-corrected chi connectivity index (χ0v) is 13.1. The van der Waals surface area contributed by atoms with Crippen LogP contribution in [0, 0.1) is 0 Å². The number of esters is 1. The summed E-state index contributed by atoms with van der Waals surface area (Å²) >= 11 is 5.96. The lowest BCUT2D eigenvalue weighted by Gasteiger charge is -2.11. The van der Waals surface area contributed by atoms with E-state index in [0.717, 1.165) is 36.3 Å². The fraction of sp³-hybridized carbons (Fsp3) is 0.562. The molecule has 0 heterocycles. The van der Waals surface area contributed by atoms with E-state index in [0.29, 0.717) is 19.3 Å². The standard InChI is InChI=1S/C11H13ClO2.C5H10O2/c1-14-11(13)8-4-6-9-5-2-3-7-10(9)12;6-5(7)3-1-2-4-5/h2-3,5,7H,4,6,8H2,1H3;6-7H,1-4H2. The van der Waals surface area contributed by atoms with Crippen molar-refractivity contribution < 1.29 is 19.7 Å². The second kappa shape index (κ2) is 9.03. The van der Waals surface area contributed by atoms with Gasteiger partial charge in [-0.2, -0.15) is 0 Å². The van der Waals surface area contributed by atoms with Crippen molar-refractivity contribution in [2.75, 3.05) is 7.11 Å². The number of carbonyl (C=O) groups is 1. The molecule has 1 aromatic carbocycles. The lowest BCUT2D eigenvalue weighted by atomic mass is 10.1. The Morgan fingerprint density at radius 3 is 2.38 bits per heavy atom. The van der Waals surface area contributed by atoms with Gasteiger partial charge in [-0.15, -0.1) is 0 Å². The predicted octanol–water partition coefficient (Wildman–Crippen LogP) is 3.08. The Balaban J connectivity index is 0.000000262. The van der Waals surface area contributed by atoms with Gasteiger partial charge in [0, 0.05) is 24.3 Å². The van der Waals surface area contributed by atoms with Crippen molar-refractivity contribution in [2.45, 2.75) is 50.7 Å². The summed E-state index contributed by atoms with van der Waals surface area (Å²) in [7, 11) is 1.40. The summed E-state index contributed by atoms with van der Waals surface area (Å²) in [5.41, 5.74) is 1.08. The SMILES string of the molecule is COC(=O)CCCc1ccccc1Cl.OC1(O)CCCC1. The second-order valence-electron chi connectivity index (χ2n) is 5.21. The topological polar surface area (TPSA) is 66.8 Å². The van der Waals surface area contributed by atoms with Crippen LogP contribution in [0.15, 0.2) is 24.3 Å². The number of hydrogen-bond donors (Lipinski definition) is 2. The van der Waals surface area contributed by atoms with E-state index in [9.17, 15) is 4.79 Å². The van der Waals surface area contributed by atoms with Gasteiger partial charge in [-0.3, -0.25) is 4.79 Å². The molecule has 1 fully saturated rings. The number of aliphatic hydroxyl groups is 2. The highest BCUT2D eigenvalue weighted by Crippen LogP contribution is 2.25. The van der Waals surface area contributed by atoms with Crippen molar-refractivity contribution in [1.29, 1.82) is 0 Å². The molecule has 0 aliphatic heterocycles. The smallest absolute Gasteiger partial charge is 0.305 e. The lowest BCUT2D eigenvalue weighted by Crippen LogP contribution is -2.21. The molecule has 1 aromatic rings. The Morgan fingerprint density at radius 1 is 1.29 bits per heavy atom. The van der Waals surface area contributed by atoms with Crippen LogP contribution in [0.25, 0.3) is 0 Å². The first-order chi connectivity index (χ1) is 9.94. The van der Waals surface area contributed by atoms with Gasteiger partial charge in [-0.05, 0) is 37.3 Å². The minimum Gasteiger partial charge on any atom is -0.469 e. The maximum absolute atomic E-state index is 10.8. The van der Waals surface area contributed by atoms with Crippen LogP contribution in [0.1, 0.15) is 44.1 Å². The first-order valence-corrected chi connectivity index (χ1v) is 7.57. The molecule has 118 valence electrons. The van der Waals surface area contributed by atoms with Crippen LogP contribution in [0.5, 0.6) is 0 Å². The van der Waals surface area contributed by atoms with Crippen LogP contribution in [0.2, 0.25) is 5.02 Å². The summed E-state index contributed by atoms with van der Waals surface area (Å²) in [6, 6.07) is 7.67. The van der Waals surface area contributed by atoms with Crippen molar-refractivity contribution in [3.8, 4) is 0 Å². The van der Waals surface area contributed by atoms with E-state index in [4.69, 9.17) is 21.8 Å². The number of carbonyl (C=O) groups excluding carboxylic acids is 1. The van der Waals surface area contributed by atoms with Crippen LogP contribution < -0.4 is 0 Å². The minimum atomic E-state index is -1.31. The van der Waals surface area contributed by atoms with Gasteiger partial charge in [-0.25, -0.2) is 0 Å². The second-order valence-corrected chi connectivity index (χ2v) is 5.62. The quantitative estimate of drug-likeness (QED) is 0.662. The molecular weight excluding hydrogens is 292 g/mol. The van der Waals surface area contributed by atoms with Crippen molar-refractivity contribution in [3.05, 3.63) is 34.9 Å². The first kappa shape index (κ1) is 18.0. The summed E-state index contributed by atoms with van der Waals surface area (Å²) in [5, 5.41) is 18.3. The number of rotatable bonds is 4. The molecule has 0 aromatic heterocycles. The van der Waals surface area contributed by atoms with Gasteiger partial charge in [0.1, 0.15) is 0 Å². The fourth-order valence-corrected chi connectivity index (χ4v) is 2.40. The molecule has 4 nitrogen and oxygen atoms in total. The number of ether oxygens (including phenoxy) is 1. The summed E-state index contributed by atoms with van der Waals surface area (Å²) in [6.07, 6.45) is 5.09. The third-order valence-electron chi connectivity index (χ3n) is 3.42. The number of halogens is 1. The summed E-state index contributed by atoms with van der Waals surface area (Å²) in [4.78, 5) is 10.8. The van der Waals surface area contributed by atoms with Crippen LogP contribution in [-0.4, -0.2) is 29.1 Å². The van der Waals surface area contributed by atoms with Gasteiger partial charge in [0.15, 0.2) is 5.79 Å². The van der Waals surface area contributed by atoms with Gasteiger partial charge >= 0.3 is 5.97 Å². The Bertz CT molecular complexity index is 438. The van der Waals surface area contributed by atoms with E-state index in [1.165, 1.54) is 7.11 Å². The van der Waals surface area contributed by atoms with Crippen LogP contribution >= 0.6 is 11.6 Å². The molecule has 0 spiro atoms. The lowest BCUT2D eigenvalue weighted by molar-refractivity contribution is -0.152. The van der Waals surface area contributed by atoms with Gasteiger partial charge in [0.25, 0.3) is 0 Å². The Hall–Kier alpha value is -1.10. The molecule has 2 rings (SSSR count). The van der Waals surface area contributed by atoms with Gasteiger partial charge in [-0.1, -0.05) is 29.8 Å². The highest BCUT2D eigenvalue weighted by molar-refractivity contribution is 6.31. The van der Waals surface area contributed by atoms with Gasteiger partial charge < -0.3 is 14.9 Å². The molecule has 0 amide bonds. The van der Waals surface area contributed by atoms with E-state index in [-0.39, 0.29) is 5.97 Å². The zero-order valence-electron chi connectivity index (χ0n) is 12.3. The monoisotopic (exact) mass is 314 g/mol. The van der Waals surface area contributed by atoms with Crippen LogP contribution in [-0.2, 0) is 16.0 Å². The highest BCUT2D eigenvalue weighted by Gasteiger charge is 2.26. The van der Waals surface area contributed by atoms with Crippen molar-refractivity contribution in [3.63, 3.8) is 0 Å². The predicted molar refractivity (Wildman–Crippen MR) is 82.0 cm³/mol. The maximum Gasteiger partial charge on any atom is 0.305 e. The van der Waals surface area contributed by atoms with E-state index >= 15 is 0 Å². The highest BCUT2D eigenvalue weighted by atomic mass is 35.5. The third kappa shape index (κ3) is 7.46. The van der Waals surface area contributed by atoms with Crippen molar-refractivity contribution >= 4 is 17.6 Å². The van der Waals surface area contributed by atoms with Crippen LogP contribution in [0.3, 0.4) is 0 Å². The average Bonchev–Trinajstić information content (AvgIpc) is 2.86. The number of aryl methyl sites for hydroxylation is 1. The number of methoxy groups -OCH3 is 1. The summed E-state index contributed by atoms with van der Waals surface area (Å²) < 4.78 is 4.55. The van der Waals surface area contributed by atoms with E-state index in [1.54, 1.807) is 0 Å². The Kier molecular flexibility index (Phi) is 7.72. The largest absolute Gasteiger partial charge is 0.469 e. The zero-order chi connectivity index (χ0) is 15.7. The molecule has 0 saturated heterocycles. The maximum atomic E-state index is 10.8. The molecule has 1 aliphatic rings. The summed E-state index contributed by atoms with van der Waals surface area (Å²) in [5.74, 6) is -1.47. The van der Waals surface area contributed by atoms with E-state index in [1.807, 2.05) is 24.3 Å². The summed E-state index contributed by atoms with van der Waals surface area (Å²) in [6.45, 7) is 0. The normalized spacial score (nSPS) is 16.0. The van der Waals surface area contributed by atoms with Crippen molar-refractivity contribution in [1.82, 2.24) is 0 Å². The molecule has 5 heteroatoms. The van der Waals surface area contributed by atoms with Gasteiger partial charge in [0.2, 0.25) is 0 Å². The number of hydrogen-bond acceptors (Lipinski definition) is 4. The Labute approximate surface area is 130 Å². The first-order valence-electron chi connectivity index (χ1n) is 7.19. The molecule has 0 radical (unpaired) electrons. The minimum absolute atomic E-state index is 0.169. The molecule has 0 atom stereocenters. The van der Waals surface area contributed by atoms with Crippen LogP contribution in [0.4, 0.5) is 0 Å². The van der Waals surface area contributed by atoms with E-state index in [2.05, 4.69) is 4.74 Å². The Morgan fingerprint density at radius 2 is 1.90 bits per heavy atom. The van der Waals surface area contributed by atoms with Crippen molar-refractivity contribution in [2.24, 2.45) is 0 Å². The van der Waals surface area contributed by atoms with E-state index < -0.39 is 5.79 Å². The molecule has 2 N–H and O–H groups in total. The third-order valence-corrected chi connectivity index (χ3v) is 3.79. The fourth-order valence-electron chi connectivity index (χ4n) is 2.17. The molecule has 1 aliphatic carbocycles. The molecule has 0 bridgehead atoms.